The lowest BCUT2D eigenvalue weighted by molar-refractivity contribution is -0.118. The van der Waals surface area contributed by atoms with Crippen molar-refractivity contribution in [3.8, 4) is 0 Å². The van der Waals surface area contributed by atoms with Gasteiger partial charge < -0.3 is 15.8 Å². The quantitative estimate of drug-likeness (QED) is 0.555. The number of nitrogens with two attached hydrogens (primary N) is 1. The van der Waals surface area contributed by atoms with E-state index in [1.54, 1.807) is 13.0 Å². The largest absolute Gasteiger partial charge is 0.463 e. The van der Waals surface area contributed by atoms with Gasteiger partial charge in [-0.2, -0.15) is 0 Å². The van der Waals surface area contributed by atoms with Crippen molar-refractivity contribution < 1.29 is 14.3 Å². The zero-order chi connectivity index (χ0) is 13.5. The predicted octanol–water partition coefficient (Wildman–Crippen LogP) is 0.249. The molecule has 98 valence electrons. The summed E-state index contributed by atoms with van der Waals surface area (Å²) in [5, 5.41) is 2.99. The van der Waals surface area contributed by atoms with Crippen LogP contribution in [0.3, 0.4) is 0 Å². The molecule has 0 saturated heterocycles. The van der Waals surface area contributed by atoms with E-state index in [0.717, 1.165) is 0 Å². The van der Waals surface area contributed by atoms with Crippen molar-refractivity contribution >= 4 is 17.7 Å². The van der Waals surface area contributed by atoms with Gasteiger partial charge in [0.05, 0.1) is 7.11 Å². The molecule has 18 heavy (non-hydrogen) atoms. The van der Waals surface area contributed by atoms with Gasteiger partial charge in [-0.1, -0.05) is 0 Å². The van der Waals surface area contributed by atoms with Gasteiger partial charge in [0, 0.05) is 24.7 Å². The lowest BCUT2D eigenvalue weighted by Crippen LogP contribution is -2.14. The number of nitrogens with one attached hydrogen (secondary N) is 1. The number of aryl methyl sites for hydroxylation is 1. The first-order chi connectivity index (χ1) is 8.52. The van der Waals surface area contributed by atoms with Crippen LogP contribution in [0.5, 0.6) is 0 Å². The molecule has 0 spiro atoms. The van der Waals surface area contributed by atoms with Crippen LogP contribution in [0, 0.1) is 6.92 Å². The summed E-state index contributed by atoms with van der Waals surface area (Å²) in [5.41, 5.74) is 5.68. The van der Waals surface area contributed by atoms with Gasteiger partial charge in [0.2, 0.25) is 11.7 Å². The lowest BCUT2D eigenvalue weighted by atomic mass is 10.3. The third-order valence-electron chi connectivity index (χ3n) is 2.13. The molecule has 0 radical (unpaired) electrons. The maximum atomic E-state index is 11.3. The van der Waals surface area contributed by atoms with Gasteiger partial charge in [-0.15, -0.1) is 0 Å². The molecule has 1 aromatic rings. The van der Waals surface area contributed by atoms with Crippen molar-refractivity contribution in [3.05, 3.63) is 17.6 Å². The van der Waals surface area contributed by atoms with E-state index in [0.29, 0.717) is 30.9 Å². The summed E-state index contributed by atoms with van der Waals surface area (Å²) in [7, 11) is 1.27. The fraction of sp³-hybridized carbons (Fsp3) is 0.455. The van der Waals surface area contributed by atoms with Crippen LogP contribution in [0.4, 0.5) is 5.82 Å². The number of hydrogen-bond donors (Lipinski definition) is 2. The van der Waals surface area contributed by atoms with Crippen LogP contribution in [-0.2, 0) is 9.53 Å². The summed E-state index contributed by atoms with van der Waals surface area (Å²) < 4.78 is 4.55. The molecule has 0 saturated carbocycles. The average molecular weight is 252 g/mol. The van der Waals surface area contributed by atoms with E-state index >= 15 is 0 Å². The number of ether oxygens (including phenoxy) is 1. The number of amides is 1. The molecule has 1 amide bonds. The second kappa shape index (κ2) is 6.53. The topological polar surface area (TPSA) is 107 Å². The molecule has 0 aliphatic heterocycles. The van der Waals surface area contributed by atoms with Crippen molar-refractivity contribution in [2.45, 2.75) is 19.8 Å². The second-order valence-corrected chi connectivity index (χ2v) is 3.71. The van der Waals surface area contributed by atoms with Crippen LogP contribution in [0.25, 0.3) is 0 Å². The number of anilines is 1. The molecule has 0 aliphatic rings. The minimum absolute atomic E-state index is 0.00917. The van der Waals surface area contributed by atoms with Gasteiger partial charge in [0.1, 0.15) is 5.82 Å². The van der Waals surface area contributed by atoms with Gasteiger partial charge >= 0.3 is 5.97 Å². The zero-order valence-electron chi connectivity index (χ0n) is 10.4. The van der Waals surface area contributed by atoms with Crippen LogP contribution in [0.1, 0.15) is 29.2 Å². The molecule has 3 N–H and O–H groups in total. The highest BCUT2D eigenvalue weighted by Crippen LogP contribution is 2.07. The molecule has 0 atom stereocenters. The van der Waals surface area contributed by atoms with Crippen molar-refractivity contribution in [1.29, 1.82) is 0 Å². The average Bonchev–Trinajstić information content (AvgIpc) is 2.32. The van der Waals surface area contributed by atoms with Crippen LogP contribution >= 0.6 is 0 Å². The first kappa shape index (κ1) is 13.9. The Labute approximate surface area is 105 Å². The minimum atomic E-state index is -0.584. The molecular formula is C11H16N4O3. The Morgan fingerprint density at radius 1 is 1.44 bits per heavy atom. The Morgan fingerprint density at radius 2 is 2.17 bits per heavy atom. The highest BCUT2D eigenvalue weighted by Gasteiger charge is 2.11. The first-order valence-electron chi connectivity index (χ1n) is 5.49. The number of hydrogen-bond acceptors (Lipinski definition) is 6. The van der Waals surface area contributed by atoms with E-state index in [9.17, 15) is 9.59 Å². The van der Waals surface area contributed by atoms with Crippen molar-refractivity contribution in [2.24, 2.45) is 5.73 Å². The second-order valence-electron chi connectivity index (χ2n) is 3.71. The normalized spacial score (nSPS) is 9.89. The number of nitrogens with zero attached hydrogens (tertiary/aromatic N) is 2. The van der Waals surface area contributed by atoms with Gasteiger partial charge in [0.15, 0.2) is 0 Å². The third kappa shape index (κ3) is 4.36. The number of esters is 1. The lowest BCUT2D eigenvalue weighted by Gasteiger charge is -2.07. The van der Waals surface area contributed by atoms with Gasteiger partial charge in [-0.3, -0.25) is 4.79 Å². The number of carbonyl (C=O) groups is 2. The Bertz CT molecular complexity index is 448. The molecule has 0 aliphatic carbocycles. The third-order valence-corrected chi connectivity index (χ3v) is 2.13. The first-order valence-corrected chi connectivity index (χ1v) is 5.49. The summed E-state index contributed by atoms with van der Waals surface area (Å²) >= 11 is 0. The van der Waals surface area contributed by atoms with E-state index in [1.807, 2.05) is 0 Å². The fourth-order valence-corrected chi connectivity index (χ4v) is 1.32. The van der Waals surface area contributed by atoms with Crippen molar-refractivity contribution in [2.75, 3.05) is 19.0 Å². The van der Waals surface area contributed by atoms with E-state index in [1.165, 1.54) is 7.11 Å². The number of rotatable bonds is 6. The SMILES string of the molecule is COC(=O)c1nc(C)cc(NCCCC(N)=O)n1. The predicted molar refractivity (Wildman–Crippen MR) is 65.0 cm³/mol. The van der Waals surface area contributed by atoms with Gasteiger partial charge in [-0.05, 0) is 13.3 Å². The maximum Gasteiger partial charge on any atom is 0.376 e. The van der Waals surface area contributed by atoms with Crippen LogP contribution in [0.2, 0.25) is 0 Å². The van der Waals surface area contributed by atoms with Crippen molar-refractivity contribution in [1.82, 2.24) is 9.97 Å². The molecule has 1 aromatic heterocycles. The molecule has 0 aromatic carbocycles. The highest BCUT2D eigenvalue weighted by molar-refractivity contribution is 5.85. The maximum absolute atomic E-state index is 11.3. The van der Waals surface area contributed by atoms with Crippen LogP contribution in [-0.4, -0.2) is 35.5 Å². The molecule has 0 unspecified atom stereocenters. The number of primary amides is 1. The summed E-state index contributed by atoms with van der Waals surface area (Å²) in [6.07, 6.45) is 0.910. The molecule has 1 heterocycles. The number of aromatic nitrogens is 2. The van der Waals surface area contributed by atoms with Gasteiger partial charge in [-0.25, -0.2) is 14.8 Å². The monoisotopic (exact) mass is 252 g/mol. The fourth-order valence-electron chi connectivity index (χ4n) is 1.32. The molecule has 0 bridgehead atoms. The Morgan fingerprint density at radius 3 is 2.78 bits per heavy atom. The minimum Gasteiger partial charge on any atom is -0.463 e. The van der Waals surface area contributed by atoms with E-state index in [2.05, 4.69) is 20.0 Å². The Hall–Kier alpha value is -2.18. The molecular weight excluding hydrogens is 236 g/mol. The van der Waals surface area contributed by atoms with Gasteiger partial charge in [0.25, 0.3) is 0 Å². The highest BCUT2D eigenvalue weighted by atomic mass is 16.5. The van der Waals surface area contributed by atoms with E-state index < -0.39 is 5.97 Å². The smallest absolute Gasteiger partial charge is 0.376 e. The van der Waals surface area contributed by atoms with E-state index in [4.69, 9.17) is 5.73 Å². The van der Waals surface area contributed by atoms with Crippen LogP contribution in [0.15, 0.2) is 6.07 Å². The number of carbonyl (C=O) groups excluding carboxylic acids is 2. The Kier molecular flexibility index (Phi) is 5.04. The van der Waals surface area contributed by atoms with E-state index in [-0.39, 0.29) is 11.7 Å². The summed E-state index contributed by atoms with van der Waals surface area (Å²) in [6.45, 7) is 2.29. The summed E-state index contributed by atoms with van der Waals surface area (Å²) in [6, 6.07) is 1.71. The molecule has 1 rings (SSSR count). The molecule has 7 nitrogen and oxygen atoms in total. The zero-order valence-corrected chi connectivity index (χ0v) is 10.4. The van der Waals surface area contributed by atoms with Crippen LogP contribution < -0.4 is 11.1 Å². The molecule has 7 heteroatoms. The summed E-state index contributed by atoms with van der Waals surface area (Å²) in [4.78, 5) is 29.8. The van der Waals surface area contributed by atoms with Crippen molar-refractivity contribution in [3.63, 3.8) is 0 Å². The Balaban J connectivity index is 2.63. The number of methoxy groups -OCH3 is 1. The summed E-state index contributed by atoms with van der Waals surface area (Å²) in [5.74, 6) is -0.396. The standard InChI is InChI=1S/C11H16N4O3/c1-7-6-9(13-5-3-4-8(12)16)15-10(14-7)11(17)18-2/h6H,3-5H2,1-2H3,(H2,12,16)(H,13,14,15). The molecule has 0 fully saturated rings.